The summed E-state index contributed by atoms with van der Waals surface area (Å²) >= 11 is 0. The maximum absolute atomic E-state index is 11.8. The second kappa shape index (κ2) is 9.56. The van der Waals surface area contributed by atoms with E-state index >= 15 is 0 Å². The van der Waals surface area contributed by atoms with Gasteiger partial charge in [-0.05, 0) is 66.9 Å². The third kappa shape index (κ3) is 5.27. The standard InChI is InChI=1S/C26H25NO5/c1-3-5-19-16-22(30-20-10-8-17(2)9-11-20)12-13-23(19)31-21-7-4-6-18(14-21)15-24-25(28)27-26(29)32-24/h4,6-14,16,24H,3,5,15H2,1-2H3,(H,27,28,29). The quantitative estimate of drug-likeness (QED) is 0.495. The summed E-state index contributed by atoms with van der Waals surface area (Å²) < 4.78 is 17.2. The highest BCUT2D eigenvalue weighted by Gasteiger charge is 2.32. The Labute approximate surface area is 187 Å². The summed E-state index contributed by atoms with van der Waals surface area (Å²) in [5.74, 6) is 2.53. The van der Waals surface area contributed by atoms with E-state index in [1.165, 1.54) is 5.56 Å². The highest BCUT2D eigenvalue weighted by atomic mass is 16.6. The molecule has 1 saturated heterocycles. The van der Waals surface area contributed by atoms with E-state index in [0.717, 1.165) is 41.2 Å². The van der Waals surface area contributed by atoms with Gasteiger partial charge in [-0.3, -0.25) is 10.1 Å². The summed E-state index contributed by atoms with van der Waals surface area (Å²) in [6.07, 6.45) is 0.585. The van der Waals surface area contributed by atoms with Crippen LogP contribution in [0.3, 0.4) is 0 Å². The second-order valence-electron chi connectivity index (χ2n) is 7.77. The molecule has 2 amide bonds. The van der Waals surface area contributed by atoms with Gasteiger partial charge in [0.05, 0.1) is 0 Å². The van der Waals surface area contributed by atoms with Gasteiger partial charge < -0.3 is 14.2 Å². The fourth-order valence-corrected chi connectivity index (χ4v) is 3.53. The molecule has 0 spiro atoms. The van der Waals surface area contributed by atoms with Crippen LogP contribution in [-0.2, 0) is 22.4 Å². The summed E-state index contributed by atoms with van der Waals surface area (Å²) in [5.41, 5.74) is 3.07. The van der Waals surface area contributed by atoms with E-state index in [-0.39, 0.29) is 0 Å². The van der Waals surface area contributed by atoms with E-state index < -0.39 is 18.1 Å². The summed E-state index contributed by atoms with van der Waals surface area (Å²) in [7, 11) is 0. The van der Waals surface area contributed by atoms with E-state index in [2.05, 4.69) is 12.2 Å². The summed E-state index contributed by atoms with van der Waals surface area (Å²) in [5, 5.41) is 2.15. The van der Waals surface area contributed by atoms with Crippen LogP contribution in [0.2, 0.25) is 0 Å². The Bertz CT molecular complexity index is 1120. The Morgan fingerprint density at radius 3 is 2.38 bits per heavy atom. The van der Waals surface area contributed by atoms with Crippen LogP contribution >= 0.6 is 0 Å². The van der Waals surface area contributed by atoms with Crippen LogP contribution in [0.1, 0.15) is 30.0 Å². The number of rotatable bonds is 8. The minimum atomic E-state index is -0.813. The molecule has 1 aliphatic rings. The number of carbonyl (C=O) groups excluding carboxylic acids is 2. The number of ether oxygens (including phenoxy) is 3. The number of hydrogen-bond acceptors (Lipinski definition) is 5. The Hall–Kier alpha value is -3.80. The maximum atomic E-state index is 11.8. The van der Waals surface area contributed by atoms with Gasteiger partial charge in [0.15, 0.2) is 6.10 Å². The van der Waals surface area contributed by atoms with Gasteiger partial charge in [-0.15, -0.1) is 0 Å². The third-order valence-corrected chi connectivity index (χ3v) is 5.12. The lowest BCUT2D eigenvalue weighted by molar-refractivity contribution is -0.123. The van der Waals surface area contributed by atoms with Crippen molar-refractivity contribution >= 4 is 12.0 Å². The monoisotopic (exact) mass is 431 g/mol. The van der Waals surface area contributed by atoms with Crippen molar-refractivity contribution in [3.8, 4) is 23.0 Å². The summed E-state index contributed by atoms with van der Waals surface area (Å²) in [6.45, 7) is 4.16. The zero-order valence-electron chi connectivity index (χ0n) is 18.1. The van der Waals surface area contributed by atoms with Crippen molar-refractivity contribution in [3.05, 3.63) is 83.4 Å². The molecule has 6 nitrogen and oxygen atoms in total. The normalized spacial score (nSPS) is 15.2. The molecule has 1 N–H and O–H groups in total. The fourth-order valence-electron chi connectivity index (χ4n) is 3.53. The molecule has 1 unspecified atom stereocenters. The molecule has 1 atom stereocenters. The minimum Gasteiger partial charge on any atom is -0.457 e. The number of alkyl carbamates (subject to hydrolysis) is 1. The van der Waals surface area contributed by atoms with Crippen molar-refractivity contribution in [2.75, 3.05) is 0 Å². The van der Waals surface area contributed by atoms with Gasteiger partial charge in [0.25, 0.3) is 5.91 Å². The summed E-state index contributed by atoms with van der Waals surface area (Å²) in [6, 6.07) is 21.2. The van der Waals surface area contributed by atoms with E-state index in [1.54, 1.807) is 0 Å². The molecule has 3 aromatic carbocycles. The molecule has 32 heavy (non-hydrogen) atoms. The molecule has 6 heteroatoms. The van der Waals surface area contributed by atoms with Crippen molar-refractivity contribution in [1.29, 1.82) is 0 Å². The first kappa shape index (κ1) is 21.4. The number of benzene rings is 3. The Balaban J connectivity index is 1.50. The first-order valence-corrected chi connectivity index (χ1v) is 10.7. The van der Waals surface area contributed by atoms with Crippen LogP contribution in [0.15, 0.2) is 66.7 Å². The number of nitrogens with one attached hydrogen (secondary N) is 1. The van der Waals surface area contributed by atoms with E-state index in [4.69, 9.17) is 14.2 Å². The topological polar surface area (TPSA) is 73.9 Å². The average molecular weight is 431 g/mol. The van der Waals surface area contributed by atoms with Crippen molar-refractivity contribution in [2.24, 2.45) is 0 Å². The molecular weight excluding hydrogens is 406 g/mol. The molecule has 1 aliphatic heterocycles. The number of carbonyl (C=O) groups is 2. The molecule has 1 fully saturated rings. The van der Waals surface area contributed by atoms with E-state index in [0.29, 0.717) is 12.2 Å². The largest absolute Gasteiger partial charge is 0.457 e. The Kier molecular flexibility index (Phi) is 6.40. The minimum absolute atomic E-state index is 0.292. The van der Waals surface area contributed by atoms with Crippen LogP contribution in [0.4, 0.5) is 4.79 Å². The highest BCUT2D eigenvalue weighted by molar-refractivity contribution is 6.00. The second-order valence-corrected chi connectivity index (χ2v) is 7.77. The van der Waals surface area contributed by atoms with Gasteiger partial charge in [0.1, 0.15) is 23.0 Å². The lowest BCUT2D eigenvalue weighted by atomic mass is 10.1. The average Bonchev–Trinajstić information content (AvgIpc) is 3.08. The summed E-state index contributed by atoms with van der Waals surface area (Å²) in [4.78, 5) is 23.0. The molecule has 3 aromatic rings. The van der Waals surface area contributed by atoms with Gasteiger partial charge in [-0.25, -0.2) is 4.79 Å². The molecule has 0 bridgehead atoms. The van der Waals surface area contributed by atoms with Crippen molar-refractivity contribution in [3.63, 3.8) is 0 Å². The zero-order valence-corrected chi connectivity index (χ0v) is 18.1. The molecule has 0 aromatic heterocycles. The lowest BCUT2D eigenvalue weighted by Gasteiger charge is -2.14. The first-order chi connectivity index (χ1) is 15.5. The molecule has 4 rings (SSSR count). The smallest absolute Gasteiger partial charge is 0.414 e. The third-order valence-electron chi connectivity index (χ3n) is 5.12. The van der Waals surface area contributed by atoms with E-state index in [9.17, 15) is 9.59 Å². The maximum Gasteiger partial charge on any atom is 0.414 e. The molecule has 0 saturated carbocycles. The Morgan fingerprint density at radius 1 is 0.906 bits per heavy atom. The molecule has 1 heterocycles. The zero-order chi connectivity index (χ0) is 22.5. The molecular formula is C26H25NO5. The molecule has 164 valence electrons. The van der Waals surface area contributed by atoms with Crippen LogP contribution in [-0.4, -0.2) is 18.1 Å². The van der Waals surface area contributed by atoms with Crippen LogP contribution in [0, 0.1) is 6.92 Å². The number of amides is 2. The SMILES string of the molecule is CCCc1cc(Oc2ccc(C)cc2)ccc1Oc1cccc(CC2OC(=O)NC2=O)c1. The number of hydrogen-bond donors (Lipinski definition) is 1. The molecule has 0 radical (unpaired) electrons. The van der Waals surface area contributed by atoms with Gasteiger partial charge in [0, 0.05) is 6.42 Å². The van der Waals surface area contributed by atoms with Gasteiger partial charge in [0.2, 0.25) is 0 Å². The number of aryl methyl sites for hydroxylation is 2. The lowest BCUT2D eigenvalue weighted by Crippen LogP contribution is -2.25. The van der Waals surface area contributed by atoms with Crippen molar-refractivity contribution < 1.29 is 23.8 Å². The predicted molar refractivity (Wildman–Crippen MR) is 120 cm³/mol. The van der Waals surface area contributed by atoms with E-state index in [1.807, 2.05) is 73.7 Å². The van der Waals surface area contributed by atoms with Crippen LogP contribution < -0.4 is 14.8 Å². The van der Waals surface area contributed by atoms with Gasteiger partial charge in [-0.2, -0.15) is 0 Å². The number of imide groups is 1. The van der Waals surface area contributed by atoms with Crippen LogP contribution in [0.5, 0.6) is 23.0 Å². The van der Waals surface area contributed by atoms with Gasteiger partial charge >= 0.3 is 6.09 Å². The highest BCUT2D eigenvalue weighted by Crippen LogP contribution is 2.32. The number of cyclic esters (lactones) is 1. The van der Waals surface area contributed by atoms with Gasteiger partial charge in [-0.1, -0.05) is 43.2 Å². The first-order valence-electron chi connectivity index (χ1n) is 10.7. The Morgan fingerprint density at radius 2 is 1.66 bits per heavy atom. The van der Waals surface area contributed by atoms with Crippen molar-refractivity contribution in [1.82, 2.24) is 5.32 Å². The van der Waals surface area contributed by atoms with Crippen LogP contribution in [0.25, 0.3) is 0 Å². The van der Waals surface area contributed by atoms with Crippen molar-refractivity contribution in [2.45, 2.75) is 39.2 Å². The molecule has 0 aliphatic carbocycles. The predicted octanol–water partition coefficient (Wildman–Crippen LogP) is 5.71. The fraction of sp³-hybridized carbons (Fsp3) is 0.231.